The van der Waals surface area contributed by atoms with Crippen molar-refractivity contribution in [2.75, 3.05) is 7.11 Å². The molecule has 0 aromatic heterocycles. The van der Waals surface area contributed by atoms with Crippen molar-refractivity contribution in [2.24, 2.45) is 0 Å². The highest BCUT2D eigenvalue weighted by Gasteiger charge is 1.74. The Bertz CT molecular complexity index is 82.2. The molecule has 0 aliphatic carbocycles. The van der Waals surface area contributed by atoms with Crippen molar-refractivity contribution in [3.05, 3.63) is 24.5 Å². The number of hydrogen-bond donors (Lipinski definition) is 0. The Balaban J connectivity index is 3.37. The summed E-state index contributed by atoms with van der Waals surface area (Å²) in [5.74, 6) is 0.697. The molecular formula is C6H10O. The van der Waals surface area contributed by atoms with Crippen molar-refractivity contribution in [3.63, 3.8) is 0 Å². The SMILES string of the molecule is C=C(/C=C\C)OC. The molecule has 0 aliphatic rings. The normalized spacial score (nSPS) is 9.43. The largest absolute Gasteiger partial charge is 0.497 e. The Hall–Kier alpha value is -0.720. The molecule has 0 unspecified atom stereocenters. The van der Waals surface area contributed by atoms with Crippen molar-refractivity contribution in [1.29, 1.82) is 0 Å². The number of allylic oxidation sites excluding steroid dienone is 2. The molecule has 0 saturated heterocycles. The summed E-state index contributed by atoms with van der Waals surface area (Å²) in [5.41, 5.74) is 0. The van der Waals surface area contributed by atoms with Crippen LogP contribution in [0.4, 0.5) is 0 Å². The van der Waals surface area contributed by atoms with Crippen LogP contribution >= 0.6 is 0 Å². The molecular weight excluding hydrogens is 88.1 g/mol. The lowest BCUT2D eigenvalue weighted by Gasteiger charge is -1.91. The monoisotopic (exact) mass is 98.1 g/mol. The first kappa shape index (κ1) is 6.28. The van der Waals surface area contributed by atoms with Gasteiger partial charge in [0, 0.05) is 0 Å². The Morgan fingerprint density at radius 1 is 1.71 bits per heavy atom. The maximum atomic E-state index is 4.71. The third-order valence-electron chi connectivity index (χ3n) is 0.615. The van der Waals surface area contributed by atoms with Gasteiger partial charge < -0.3 is 4.74 Å². The lowest BCUT2D eigenvalue weighted by atomic mass is 10.5. The van der Waals surface area contributed by atoms with Crippen molar-refractivity contribution in [1.82, 2.24) is 0 Å². The van der Waals surface area contributed by atoms with Crippen molar-refractivity contribution < 1.29 is 4.74 Å². The van der Waals surface area contributed by atoms with Gasteiger partial charge in [-0.1, -0.05) is 12.7 Å². The molecule has 0 spiro atoms. The van der Waals surface area contributed by atoms with Crippen LogP contribution in [-0.4, -0.2) is 7.11 Å². The average Bonchev–Trinajstić information content (AvgIpc) is 1.68. The molecule has 0 amide bonds. The fourth-order valence-corrected chi connectivity index (χ4v) is 0.254. The number of rotatable bonds is 2. The zero-order valence-electron chi connectivity index (χ0n) is 4.77. The first-order valence-electron chi connectivity index (χ1n) is 2.17. The van der Waals surface area contributed by atoms with E-state index in [-0.39, 0.29) is 0 Å². The molecule has 7 heavy (non-hydrogen) atoms. The summed E-state index contributed by atoms with van der Waals surface area (Å²) < 4.78 is 4.71. The second-order valence-corrected chi connectivity index (χ2v) is 1.17. The van der Waals surface area contributed by atoms with Gasteiger partial charge in [0.2, 0.25) is 0 Å². The van der Waals surface area contributed by atoms with E-state index in [0.29, 0.717) is 5.76 Å². The number of ether oxygens (including phenoxy) is 1. The summed E-state index contributed by atoms with van der Waals surface area (Å²) in [4.78, 5) is 0. The van der Waals surface area contributed by atoms with Crippen LogP contribution in [0.1, 0.15) is 6.92 Å². The highest BCUT2D eigenvalue weighted by Crippen LogP contribution is 1.89. The molecule has 0 atom stereocenters. The number of hydrogen-bond acceptors (Lipinski definition) is 1. The molecule has 0 heterocycles. The Kier molecular flexibility index (Phi) is 3.11. The highest BCUT2D eigenvalue weighted by atomic mass is 16.5. The summed E-state index contributed by atoms with van der Waals surface area (Å²) in [7, 11) is 1.60. The van der Waals surface area contributed by atoms with Crippen LogP contribution in [0.3, 0.4) is 0 Å². The topological polar surface area (TPSA) is 9.23 Å². The average molecular weight is 98.1 g/mol. The summed E-state index contributed by atoms with van der Waals surface area (Å²) in [6.45, 7) is 5.47. The van der Waals surface area contributed by atoms with Crippen molar-refractivity contribution in [2.45, 2.75) is 6.92 Å². The van der Waals surface area contributed by atoms with Gasteiger partial charge in [-0.05, 0) is 13.0 Å². The third-order valence-corrected chi connectivity index (χ3v) is 0.615. The van der Waals surface area contributed by atoms with Crippen LogP contribution in [0.15, 0.2) is 24.5 Å². The second-order valence-electron chi connectivity index (χ2n) is 1.17. The maximum Gasteiger partial charge on any atom is 0.111 e. The van der Waals surface area contributed by atoms with E-state index in [0.717, 1.165) is 0 Å². The Labute approximate surface area is 44.3 Å². The van der Waals surface area contributed by atoms with Crippen LogP contribution in [0, 0.1) is 0 Å². The molecule has 0 N–H and O–H groups in total. The van der Waals surface area contributed by atoms with Crippen LogP contribution in [0.25, 0.3) is 0 Å². The van der Waals surface area contributed by atoms with Crippen molar-refractivity contribution >= 4 is 0 Å². The van der Waals surface area contributed by atoms with E-state index in [1.165, 1.54) is 0 Å². The predicted octanol–water partition coefficient (Wildman–Crippen LogP) is 1.72. The van der Waals surface area contributed by atoms with Crippen LogP contribution in [0.5, 0.6) is 0 Å². The summed E-state index contributed by atoms with van der Waals surface area (Å²) >= 11 is 0. The van der Waals surface area contributed by atoms with Gasteiger partial charge in [-0.25, -0.2) is 0 Å². The standard InChI is InChI=1S/C6H10O/c1-4-5-6(2)7-3/h4-5H,2H2,1,3H3/b5-4-. The molecule has 0 aliphatic heterocycles. The molecule has 0 aromatic carbocycles. The minimum absolute atomic E-state index is 0.697. The fourth-order valence-electron chi connectivity index (χ4n) is 0.254. The van der Waals surface area contributed by atoms with E-state index in [1.807, 2.05) is 13.0 Å². The minimum Gasteiger partial charge on any atom is -0.497 e. The lowest BCUT2D eigenvalue weighted by molar-refractivity contribution is 0.309. The molecule has 0 bridgehead atoms. The van der Waals surface area contributed by atoms with E-state index in [2.05, 4.69) is 6.58 Å². The second kappa shape index (κ2) is 3.47. The van der Waals surface area contributed by atoms with E-state index < -0.39 is 0 Å². The maximum absolute atomic E-state index is 4.71. The van der Waals surface area contributed by atoms with E-state index >= 15 is 0 Å². The van der Waals surface area contributed by atoms with Gasteiger partial charge in [0.05, 0.1) is 7.11 Å². The predicted molar refractivity (Wildman–Crippen MR) is 31.0 cm³/mol. The van der Waals surface area contributed by atoms with Gasteiger partial charge in [0.15, 0.2) is 0 Å². The van der Waals surface area contributed by atoms with Crippen LogP contribution in [0.2, 0.25) is 0 Å². The molecule has 40 valence electrons. The summed E-state index contributed by atoms with van der Waals surface area (Å²) in [6.07, 6.45) is 3.69. The van der Waals surface area contributed by atoms with Gasteiger partial charge >= 0.3 is 0 Å². The molecule has 0 radical (unpaired) electrons. The zero-order valence-corrected chi connectivity index (χ0v) is 4.77. The van der Waals surface area contributed by atoms with Gasteiger partial charge in [0.1, 0.15) is 5.76 Å². The summed E-state index contributed by atoms with van der Waals surface area (Å²) in [5, 5.41) is 0. The van der Waals surface area contributed by atoms with Crippen LogP contribution < -0.4 is 0 Å². The van der Waals surface area contributed by atoms with Gasteiger partial charge in [-0.3, -0.25) is 0 Å². The molecule has 0 fully saturated rings. The molecule has 0 rings (SSSR count). The smallest absolute Gasteiger partial charge is 0.111 e. The Morgan fingerprint density at radius 3 is 2.43 bits per heavy atom. The van der Waals surface area contributed by atoms with Gasteiger partial charge in [-0.2, -0.15) is 0 Å². The van der Waals surface area contributed by atoms with Crippen molar-refractivity contribution in [3.8, 4) is 0 Å². The molecule has 0 aromatic rings. The quantitative estimate of drug-likeness (QED) is 0.377. The fraction of sp³-hybridized carbons (Fsp3) is 0.333. The summed E-state index contributed by atoms with van der Waals surface area (Å²) in [6, 6.07) is 0. The first-order chi connectivity index (χ1) is 3.31. The molecule has 0 saturated carbocycles. The Morgan fingerprint density at radius 2 is 2.29 bits per heavy atom. The highest BCUT2D eigenvalue weighted by molar-refractivity contribution is 5.04. The first-order valence-corrected chi connectivity index (χ1v) is 2.17. The van der Waals surface area contributed by atoms with E-state index in [1.54, 1.807) is 13.2 Å². The van der Waals surface area contributed by atoms with E-state index in [4.69, 9.17) is 4.74 Å². The lowest BCUT2D eigenvalue weighted by Crippen LogP contribution is -1.74. The molecule has 1 heteroatoms. The van der Waals surface area contributed by atoms with Crippen LogP contribution in [-0.2, 0) is 4.74 Å². The zero-order chi connectivity index (χ0) is 5.70. The molecule has 1 nitrogen and oxygen atoms in total. The van der Waals surface area contributed by atoms with Gasteiger partial charge in [0.25, 0.3) is 0 Å². The third kappa shape index (κ3) is 3.10. The number of methoxy groups -OCH3 is 1. The van der Waals surface area contributed by atoms with Gasteiger partial charge in [-0.15, -0.1) is 0 Å². The minimum atomic E-state index is 0.697. The van der Waals surface area contributed by atoms with E-state index in [9.17, 15) is 0 Å².